The molecule has 19 heavy (non-hydrogen) atoms. The van der Waals surface area contributed by atoms with E-state index in [1.165, 1.54) is 4.90 Å². The van der Waals surface area contributed by atoms with Crippen LogP contribution in [-0.4, -0.2) is 57.9 Å². The zero-order valence-corrected chi connectivity index (χ0v) is 12.9. The van der Waals surface area contributed by atoms with Gasteiger partial charge in [0, 0.05) is 13.1 Å². The molecule has 1 heterocycles. The molecule has 1 rings (SSSR count). The molecular formula is C12H23ClN2O4. The summed E-state index contributed by atoms with van der Waals surface area (Å²) in [6, 6.07) is -0.447. The third kappa shape index (κ3) is 4.78. The quantitative estimate of drug-likeness (QED) is 0.745. The molecule has 0 bridgehead atoms. The first-order chi connectivity index (χ1) is 8.11. The number of carbonyl (C=O) groups excluding carboxylic acids is 1. The van der Waals surface area contributed by atoms with Gasteiger partial charge >= 0.3 is 12.2 Å². The molecule has 0 spiro atoms. The fourth-order valence-electron chi connectivity index (χ4n) is 2.18. The Morgan fingerprint density at radius 2 is 1.58 bits per heavy atom. The fourth-order valence-corrected chi connectivity index (χ4v) is 2.18. The second-order valence-electron chi connectivity index (χ2n) is 5.77. The van der Waals surface area contributed by atoms with E-state index >= 15 is 0 Å². The predicted molar refractivity (Wildman–Crippen MR) is 73.8 cm³/mol. The maximum atomic E-state index is 11.9. The van der Waals surface area contributed by atoms with Gasteiger partial charge in [-0.1, -0.05) is 0 Å². The summed E-state index contributed by atoms with van der Waals surface area (Å²) in [7, 11) is 0. The van der Waals surface area contributed by atoms with Gasteiger partial charge in [0.15, 0.2) is 0 Å². The number of rotatable bonds is 0. The van der Waals surface area contributed by atoms with Gasteiger partial charge in [-0.2, -0.15) is 0 Å². The maximum absolute atomic E-state index is 11.9. The van der Waals surface area contributed by atoms with Crippen LogP contribution in [0.2, 0.25) is 0 Å². The zero-order valence-electron chi connectivity index (χ0n) is 12.0. The second kappa shape index (κ2) is 6.32. The molecule has 1 fully saturated rings. The highest BCUT2D eigenvalue weighted by Gasteiger charge is 2.36. The SMILES string of the molecule is C[C@@H]1CN(C(=O)OC(C)(C)C)C[C@H](C)N1C(=O)O.Cl. The first-order valence-corrected chi connectivity index (χ1v) is 6.11. The van der Waals surface area contributed by atoms with Crippen LogP contribution >= 0.6 is 12.4 Å². The third-order valence-electron chi connectivity index (χ3n) is 2.79. The molecular weight excluding hydrogens is 272 g/mol. The van der Waals surface area contributed by atoms with Crippen LogP contribution in [-0.2, 0) is 4.74 Å². The van der Waals surface area contributed by atoms with Gasteiger partial charge in [-0.05, 0) is 34.6 Å². The van der Waals surface area contributed by atoms with Crippen LogP contribution in [0.4, 0.5) is 9.59 Å². The molecule has 2 amide bonds. The average Bonchev–Trinajstić information content (AvgIpc) is 2.12. The molecule has 7 heteroatoms. The van der Waals surface area contributed by atoms with Crippen LogP contribution < -0.4 is 0 Å². The largest absolute Gasteiger partial charge is 0.465 e. The minimum absolute atomic E-state index is 0. The highest BCUT2D eigenvalue weighted by molar-refractivity contribution is 5.85. The number of hydrogen-bond acceptors (Lipinski definition) is 3. The number of halogens is 1. The number of hydrogen-bond donors (Lipinski definition) is 1. The Bertz CT molecular complexity index is 331. The van der Waals surface area contributed by atoms with E-state index in [0.717, 1.165) is 0 Å². The van der Waals surface area contributed by atoms with Gasteiger partial charge in [-0.3, -0.25) is 4.90 Å². The van der Waals surface area contributed by atoms with Gasteiger partial charge in [-0.15, -0.1) is 12.4 Å². The highest BCUT2D eigenvalue weighted by atomic mass is 35.5. The van der Waals surface area contributed by atoms with Crippen LogP contribution in [0.15, 0.2) is 0 Å². The molecule has 1 saturated heterocycles. The van der Waals surface area contributed by atoms with Gasteiger partial charge in [0.05, 0.1) is 12.1 Å². The summed E-state index contributed by atoms with van der Waals surface area (Å²) in [6.45, 7) is 9.75. The number of nitrogens with zero attached hydrogens (tertiary/aromatic N) is 2. The molecule has 6 nitrogen and oxygen atoms in total. The minimum atomic E-state index is -0.946. The van der Waals surface area contributed by atoms with Crippen molar-refractivity contribution in [3.63, 3.8) is 0 Å². The Kier molecular flexibility index (Phi) is 5.93. The summed E-state index contributed by atoms with van der Waals surface area (Å²) in [6.07, 6.45) is -1.33. The lowest BCUT2D eigenvalue weighted by Gasteiger charge is -2.42. The zero-order chi connectivity index (χ0) is 14.1. The third-order valence-corrected chi connectivity index (χ3v) is 2.79. The number of amides is 2. The first-order valence-electron chi connectivity index (χ1n) is 6.11. The lowest BCUT2D eigenvalue weighted by molar-refractivity contribution is -0.00412. The van der Waals surface area contributed by atoms with Gasteiger partial charge in [-0.25, -0.2) is 9.59 Å². The van der Waals surface area contributed by atoms with Crippen LogP contribution in [0.1, 0.15) is 34.6 Å². The number of carbonyl (C=O) groups is 2. The first kappa shape index (κ1) is 17.8. The molecule has 0 aromatic heterocycles. The van der Waals surface area contributed by atoms with Gasteiger partial charge in [0.2, 0.25) is 0 Å². The predicted octanol–water partition coefficient (Wildman–Crippen LogP) is 2.42. The molecule has 0 aromatic rings. The maximum Gasteiger partial charge on any atom is 0.410 e. The summed E-state index contributed by atoms with van der Waals surface area (Å²) in [4.78, 5) is 25.9. The van der Waals surface area contributed by atoms with E-state index in [2.05, 4.69) is 0 Å². The van der Waals surface area contributed by atoms with Crippen LogP contribution in [0.25, 0.3) is 0 Å². The molecule has 0 unspecified atom stereocenters. The number of ether oxygens (including phenoxy) is 1. The lowest BCUT2D eigenvalue weighted by atomic mass is 10.1. The average molecular weight is 295 g/mol. The molecule has 1 aliphatic rings. The minimum Gasteiger partial charge on any atom is -0.465 e. The molecule has 0 radical (unpaired) electrons. The molecule has 0 aromatic carbocycles. The Labute approximate surface area is 120 Å². The topological polar surface area (TPSA) is 70.1 Å². The van der Waals surface area contributed by atoms with E-state index < -0.39 is 11.7 Å². The van der Waals surface area contributed by atoms with Crippen molar-refractivity contribution in [2.24, 2.45) is 0 Å². The summed E-state index contributed by atoms with van der Waals surface area (Å²) in [5.41, 5.74) is -0.534. The van der Waals surface area contributed by atoms with E-state index in [1.54, 1.807) is 18.7 Å². The summed E-state index contributed by atoms with van der Waals surface area (Å²) < 4.78 is 5.29. The summed E-state index contributed by atoms with van der Waals surface area (Å²) in [5, 5.41) is 9.08. The van der Waals surface area contributed by atoms with Gasteiger partial charge < -0.3 is 14.7 Å². The molecule has 1 N–H and O–H groups in total. The normalized spacial score (nSPS) is 23.6. The van der Waals surface area contributed by atoms with Crippen LogP contribution in [0, 0.1) is 0 Å². The van der Waals surface area contributed by atoms with E-state index in [9.17, 15) is 9.59 Å². The van der Waals surface area contributed by atoms with Crippen molar-refractivity contribution < 1.29 is 19.4 Å². The molecule has 112 valence electrons. The van der Waals surface area contributed by atoms with Gasteiger partial charge in [0.25, 0.3) is 0 Å². The van der Waals surface area contributed by atoms with Crippen molar-refractivity contribution in [2.45, 2.75) is 52.3 Å². The van der Waals surface area contributed by atoms with Crippen molar-refractivity contribution in [2.75, 3.05) is 13.1 Å². The Morgan fingerprint density at radius 3 is 1.89 bits per heavy atom. The van der Waals surface area contributed by atoms with Crippen molar-refractivity contribution in [3.05, 3.63) is 0 Å². The van der Waals surface area contributed by atoms with Crippen molar-refractivity contribution in [3.8, 4) is 0 Å². The summed E-state index contributed by atoms with van der Waals surface area (Å²) >= 11 is 0. The van der Waals surface area contributed by atoms with E-state index in [1.807, 2.05) is 20.8 Å². The molecule has 1 aliphatic heterocycles. The summed E-state index contributed by atoms with van der Waals surface area (Å²) in [5.74, 6) is 0. The Balaban J connectivity index is 0.00000324. The van der Waals surface area contributed by atoms with Crippen molar-refractivity contribution in [1.82, 2.24) is 9.80 Å². The second-order valence-corrected chi connectivity index (χ2v) is 5.77. The molecule has 0 saturated carbocycles. The monoisotopic (exact) mass is 294 g/mol. The molecule has 2 atom stereocenters. The smallest absolute Gasteiger partial charge is 0.410 e. The van der Waals surface area contributed by atoms with Crippen molar-refractivity contribution in [1.29, 1.82) is 0 Å². The number of piperazine rings is 1. The molecule has 0 aliphatic carbocycles. The van der Waals surface area contributed by atoms with E-state index in [-0.39, 0.29) is 30.6 Å². The fraction of sp³-hybridized carbons (Fsp3) is 0.833. The van der Waals surface area contributed by atoms with Crippen LogP contribution in [0.5, 0.6) is 0 Å². The highest BCUT2D eigenvalue weighted by Crippen LogP contribution is 2.18. The van der Waals surface area contributed by atoms with Crippen molar-refractivity contribution >= 4 is 24.6 Å². The Morgan fingerprint density at radius 1 is 1.16 bits per heavy atom. The van der Waals surface area contributed by atoms with Gasteiger partial charge in [0.1, 0.15) is 5.60 Å². The van der Waals surface area contributed by atoms with E-state index in [0.29, 0.717) is 13.1 Å². The lowest BCUT2D eigenvalue weighted by Crippen LogP contribution is -2.60. The van der Waals surface area contributed by atoms with Crippen LogP contribution in [0.3, 0.4) is 0 Å². The Hall–Kier alpha value is -1.17. The van der Waals surface area contributed by atoms with E-state index in [4.69, 9.17) is 9.84 Å². The number of carboxylic acid groups (broad SMARTS) is 1. The standard InChI is InChI=1S/C12H22N2O4.ClH/c1-8-6-13(11(17)18-12(3,4)5)7-9(2)14(8)10(15)16;/h8-9H,6-7H2,1-5H3,(H,15,16);1H/t8-,9+;.